The number of urea groups is 1. The van der Waals surface area contributed by atoms with Crippen molar-refractivity contribution in [1.29, 1.82) is 0 Å². The molecule has 1 aliphatic carbocycles. The van der Waals surface area contributed by atoms with Crippen LogP contribution in [0.4, 0.5) is 10.5 Å². The average molecular weight is 507 g/mol. The Morgan fingerprint density at radius 2 is 1.91 bits per heavy atom. The minimum absolute atomic E-state index is 0. The Morgan fingerprint density at radius 1 is 1.14 bits per heavy atom. The van der Waals surface area contributed by atoms with Gasteiger partial charge in [0.2, 0.25) is 5.88 Å². The van der Waals surface area contributed by atoms with E-state index in [2.05, 4.69) is 10.3 Å². The average Bonchev–Trinajstić information content (AvgIpc) is 3.28. The van der Waals surface area contributed by atoms with Gasteiger partial charge in [0.05, 0.1) is 17.7 Å². The Bertz CT molecular complexity index is 1420. The van der Waals surface area contributed by atoms with E-state index in [0.717, 1.165) is 47.6 Å². The summed E-state index contributed by atoms with van der Waals surface area (Å²) in [6.07, 6.45) is 5.60. The zero-order valence-electron chi connectivity index (χ0n) is 19.2. The number of anilines is 1. The SMILES string of the molecule is COc1cc(-c2ccc3c(c2NC(=O)NS(=O)(=O)c2ccn(C(C)C)c(=O)c2)CCC3)ccn1.[NaH]. The zero-order chi connectivity index (χ0) is 24.5. The van der Waals surface area contributed by atoms with Gasteiger partial charge in [0.15, 0.2) is 0 Å². The van der Waals surface area contributed by atoms with E-state index in [-0.39, 0.29) is 40.5 Å². The number of methoxy groups -OCH3 is 1. The normalized spacial score (nSPS) is 12.6. The molecule has 1 aliphatic rings. The van der Waals surface area contributed by atoms with Crippen LogP contribution >= 0.6 is 0 Å². The van der Waals surface area contributed by atoms with Crippen LogP contribution in [0.3, 0.4) is 0 Å². The van der Waals surface area contributed by atoms with Crippen molar-refractivity contribution in [3.63, 3.8) is 0 Å². The molecule has 4 rings (SSSR count). The van der Waals surface area contributed by atoms with Crippen LogP contribution < -0.4 is 20.3 Å². The third kappa shape index (κ3) is 5.78. The molecule has 9 nitrogen and oxygen atoms in total. The molecule has 0 bridgehead atoms. The number of fused-ring (bicyclic) bond motifs is 1. The molecule has 0 aliphatic heterocycles. The number of sulfonamides is 1. The molecule has 3 aromatic rings. The van der Waals surface area contributed by atoms with Crippen molar-refractivity contribution < 1.29 is 17.9 Å². The van der Waals surface area contributed by atoms with E-state index in [1.54, 1.807) is 18.3 Å². The third-order valence-electron chi connectivity index (χ3n) is 5.79. The Morgan fingerprint density at radius 3 is 2.60 bits per heavy atom. The summed E-state index contributed by atoms with van der Waals surface area (Å²) in [6, 6.07) is 8.74. The van der Waals surface area contributed by atoms with E-state index < -0.39 is 21.6 Å². The molecule has 35 heavy (non-hydrogen) atoms. The van der Waals surface area contributed by atoms with Crippen molar-refractivity contribution in [2.75, 3.05) is 12.4 Å². The van der Waals surface area contributed by atoms with Crippen LogP contribution in [0.25, 0.3) is 11.1 Å². The molecule has 0 atom stereocenters. The molecule has 0 spiro atoms. The number of carbonyl (C=O) groups excluding carboxylic acids is 1. The molecule has 0 saturated heterocycles. The van der Waals surface area contributed by atoms with Gasteiger partial charge in [-0.2, -0.15) is 0 Å². The van der Waals surface area contributed by atoms with Crippen molar-refractivity contribution in [2.45, 2.75) is 44.0 Å². The number of nitrogens with one attached hydrogen (secondary N) is 2. The summed E-state index contributed by atoms with van der Waals surface area (Å²) in [5.74, 6) is 0.423. The van der Waals surface area contributed by atoms with Gasteiger partial charge in [-0.15, -0.1) is 0 Å². The van der Waals surface area contributed by atoms with Crippen molar-refractivity contribution >= 4 is 51.3 Å². The van der Waals surface area contributed by atoms with Crippen LogP contribution in [-0.4, -0.2) is 60.7 Å². The first-order valence-electron chi connectivity index (χ1n) is 10.9. The monoisotopic (exact) mass is 506 g/mol. The molecule has 0 unspecified atom stereocenters. The van der Waals surface area contributed by atoms with E-state index in [9.17, 15) is 18.0 Å². The Kier molecular flexibility index (Phi) is 8.42. The summed E-state index contributed by atoms with van der Waals surface area (Å²) in [4.78, 5) is 28.9. The number of benzene rings is 1. The van der Waals surface area contributed by atoms with Crippen molar-refractivity contribution in [2.24, 2.45) is 0 Å². The molecule has 180 valence electrons. The summed E-state index contributed by atoms with van der Waals surface area (Å²) in [6.45, 7) is 3.63. The zero-order valence-corrected chi connectivity index (χ0v) is 20.0. The van der Waals surface area contributed by atoms with Crippen molar-refractivity contribution in [3.05, 3.63) is 70.3 Å². The number of hydrogen-bond acceptors (Lipinski definition) is 6. The van der Waals surface area contributed by atoms with Gasteiger partial charge in [0.25, 0.3) is 15.6 Å². The first kappa shape index (κ1) is 26.9. The van der Waals surface area contributed by atoms with Gasteiger partial charge in [-0.1, -0.05) is 12.1 Å². The van der Waals surface area contributed by atoms with Gasteiger partial charge in [0.1, 0.15) is 0 Å². The maximum atomic E-state index is 12.8. The van der Waals surface area contributed by atoms with Gasteiger partial charge in [-0.05, 0) is 61.9 Å². The molecular formula is C24H27N4NaO5S. The van der Waals surface area contributed by atoms with E-state index >= 15 is 0 Å². The van der Waals surface area contributed by atoms with Crippen LogP contribution in [-0.2, 0) is 22.9 Å². The summed E-state index contributed by atoms with van der Waals surface area (Å²) >= 11 is 0. The van der Waals surface area contributed by atoms with Crippen molar-refractivity contribution in [3.8, 4) is 17.0 Å². The second-order valence-corrected chi connectivity index (χ2v) is 10.0. The molecule has 1 aromatic carbocycles. The van der Waals surface area contributed by atoms with E-state index in [1.807, 2.05) is 30.7 Å². The number of carbonyl (C=O) groups is 1. The fraction of sp³-hybridized carbons (Fsp3) is 0.292. The Labute approximate surface area is 226 Å². The number of amides is 2. The standard InChI is InChI=1S/C24H26N4O5S.Na.H/c1-15(2)28-12-10-18(14-22(28)29)34(31,32)27-24(30)26-23-19-6-4-5-16(19)7-8-20(23)17-9-11-25-21(13-17)33-3;;/h7-15H,4-6H2,1-3H3,(H2,26,27,30);;. The van der Waals surface area contributed by atoms with E-state index in [1.165, 1.54) is 23.9 Å². The molecule has 2 amide bonds. The molecule has 2 aromatic heterocycles. The van der Waals surface area contributed by atoms with Crippen LogP contribution in [0.15, 0.2) is 58.5 Å². The summed E-state index contributed by atoms with van der Waals surface area (Å²) < 4.78 is 34.2. The quantitative estimate of drug-likeness (QED) is 0.496. The summed E-state index contributed by atoms with van der Waals surface area (Å²) in [7, 11) is -2.73. The molecular weight excluding hydrogens is 479 g/mol. The number of pyridine rings is 2. The van der Waals surface area contributed by atoms with Crippen LogP contribution in [0.1, 0.15) is 37.4 Å². The topological polar surface area (TPSA) is 119 Å². The minimum atomic E-state index is -4.25. The number of rotatable bonds is 6. The molecule has 2 heterocycles. The van der Waals surface area contributed by atoms with Gasteiger partial charge >= 0.3 is 35.6 Å². The second-order valence-electron chi connectivity index (χ2n) is 8.33. The number of ether oxygens (including phenoxy) is 1. The van der Waals surface area contributed by atoms with Crippen molar-refractivity contribution in [1.82, 2.24) is 14.3 Å². The molecule has 2 N–H and O–H groups in total. The third-order valence-corrected chi connectivity index (χ3v) is 7.12. The first-order valence-corrected chi connectivity index (χ1v) is 12.4. The number of aryl methyl sites for hydroxylation is 1. The Hall–Kier alpha value is -2.66. The van der Waals surface area contributed by atoms with Gasteiger partial charge in [0, 0.05) is 36.1 Å². The predicted octanol–water partition coefficient (Wildman–Crippen LogP) is 2.85. The summed E-state index contributed by atoms with van der Waals surface area (Å²) in [5.41, 5.74) is 3.67. The summed E-state index contributed by atoms with van der Waals surface area (Å²) in [5, 5.41) is 2.74. The molecule has 11 heteroatoms. The van der Waals surface area contributed by atoms with Crippen LogP contribution in [0.2, 0.25) is 0 Å². The van der Waals surface area contributed by atoms with E-state index in [0.29, 0.717) is 11.6 Å². The second kappa shape index (κ2) is 10.9. The fourth-order valence-corrected chi connectivity index (χ4v) is 5.03. The van der Waals surface area contributed by atoms with Crippen LogP contribution in [0, 0.1) is 0 Å². The first-order chi connectivity index (χ1) is 16.2. The van der Waals surface area contributed by atoms with Crippen LogP contribution in [0.5, 0.6) is 5.88 Å². The van der Waals surface area contributed by atoms with Gasteiger partial charge < -0.3 is 14.6 Å². The molecule has 0 fully saturated rings. The van der Waals surface area contributed by atoms with E-state index in [4.69, 9.17) is 4.74 Å². The molecule has 0 saturated carbocycles. The number of aromatic nitrogens is 2. The maximum absolute atomic E-state index is 12.8. The fourth-order valence-electron chi connectivity index (χ4n) is 4.12. The Balaban J connectivity index is 0.00000342. The number of nitrogens with zero attached hydrogens (tertiary/aromatic N) is 2. The van der Waals surface area contributed by atoms with Gasteiger partial charge in [-0.3, -0.25) is 4.79 Å². The van der Waals surface area contributed by atoms with Gasteiger partial charge in [-0.25, -0.2) is 22.9 Å². The molecule has 0 radical (unpaired) electrons. The number of hydrogen-bond donors (Lipinski definition) is 2. The predicted molar refractivity (Wildman–Crippen MR) is 136 cm³/mol.